The Labute approximate surface area is 154 Å². The van der Waals surface area contributed by atoms with E-state index in [0.29, 0.717) is 19.7 Å². The number of rotatable bonds is 6. The molecule has 0 aliphatic carbocycles. The van der Waals surface area contributed by atoms with Gasteiger partial charge in [-0.2, -0.15) is 0 Å². The number of aliphatic imine (C=N–C) groups is 1. The molecule has 1 heterocycles. The summed E-state index contributed by atoms with van der Waals surface area (Å²) in [6.07, 6.45) is -0.0694. The van der Waals surface area contributed by atoms with Crippen LogP contribution in [0.3, 0.4) is 0 Å². The van der Waals surface area contributed by atoms with Gasteiger partial charge in [-0.05, 0) is 25.1 Å². The fourth-order valence-corrected chi connectivity index (χ4v) is 2.71. The van der Waals surface area contributed by atoms with E-state index in [0.717, 1.165) is 35.3 Å². The van der Waals surface area contributed by atoms with Gasteiger partial charge in [0.25, 0.3) is 0 Å². The zero-order valence-corrected chi connectivity index (χ0v) is 15.2. The topological polar surface area (TPSA) is 64.1 Å². The lowest BCUT2D eigenvalue weighted by Crippen LogP contribution is -2.45. The summed E-state index contributed by atoms with van der Waals surface area (Å²) in [6, 6.07) is 15.6. The van der Waals surface area contributed by atoms with Crippen LogP contribution in [0.5, 0.6) is 17.2 Å². The molecule has 2 aromatic rings. The Morgan fingerprint density at radius 1 is 1.12 bits per heavy atom. The van der Waals surface area contributed by atoms with Gasteiger partial charge in [0, 0.05) is 12.1 Å². The fraction of sp³-hybridized carbons (Fsp3) is 0.350. The molecule has 3 rings (SSSR count). The Morgan fingerprint density at radius 3 is 2.69 bits per heavy atom. The maximum absolute atomic E-state index is 5.97. The number of ether oxygens (including phenoxy) is 3. The van der Waals surface area contributed by atoms with Crippen molar-refractivity contribution in [3.05, 3.63) is 54.1 Å². The van der Waals surface area contributed by atoms with E-state index in [4.69, 9.17) is 14.2 Å². The Morgan fingerprint density at radius 2 is 1.88 bits per heavy atom. The van der Waals surface area contributed by atoms with Crippen LogP contribution in [0.4, 0.5) is 0 Å². The molecule has 1 unspecified atom stereocenters. The maximum Gasteiger partial charge on any atom is 0.191 e. The number of methoxy groups -OCH3 is 1. The van der Waals surface area contributed by atoms with Crippen LogP contribution >= 0.6 is 0 Å². The number of hydrogen-bond acceptors (Lipinski definition) is 4. The minimum Gasteiger partial charge on any atom is -0.496 e. The highest BCUT2D eigenvalue weighted by Crippen LogP contribution is 2.30. The van der Waals surface area contributed by atoms with Crippen molar-refractivity contribution in [3.63, 3.8) is 0 Å². The molecule has 1 aliphatic heterocycles. The third-order valence-corrected chi connectivity index (χ3v) is 4.01. The van der Waals surface area contributed by atoms with Gasteiger partial charge in [0.2, 0.25) is 0 Å². The van der Waals surface area contributed by atoms with Gasteiger partial charge in [0.1, 0.15) is 18.5 Å². The molecular formula is C20H25N3O3. The predicted molar refractivity (Wildman–Crippen MR) is 102 cm³/mol. The Kier molecular flexibility index (Phi) is 6.19. The minimum atomic E-state index is -0.0694. The molecule has 0 saturated heterocycles. The highest BCUT2D eigenvalue weighted by atomic mass is 16.6. The normalized spacial score (nSPS) is 16.1. The van der Waals surface area contributed by atoms with Crippen LogP contribution in [0.15, 0.2) is 53.5 Å². The molecule has 1 aliphatic rings. The van der Waals surface area contributed by atoms with Gasteiger partial charge in [-0.15, -0.1) is 0 Å². The first-order chi connectivity index (χ1) is 12.8. The molecule has 6 heteroatoms. The first kappa shape index (κ1) is 17.9. The summed E-state index contributed by atoms with van der Waals surface area (Å²) < 4.78 is 17.1. The molecule has 2 N–H and O–H groups in total. The molecule has 0 fully saturated rings. The Hall–Kier alpha value is -2.89. The molecule has 0 saturated carbocycles. The molecule has 0 amide bonds. The monoisotopic (exact) mass is 355 g/mol. The van der Waals surface area contributed by atoms with Crippen LogP contribution in [0.25, 0.3) is 0 Å². The number of nitrogens with zero attached hydrogens (tertiary/aromatic N) is 1. The van der Waals surface area contributed by atoms with Crippen molar-refractivity contribution in [1.82, 2.24) is 10.6 Å². The van der Waals surface area contributed by atoms with E-state index < -0.39 is 0 Å². The van der Waals surface area contributed by atoms with Gasteiger partial charge in [0.05, 0.1) is 20.2 Å². The second-order valence-corrected chi connectivity index (χ2v) is 5.89. The lowest BCUT2D eigenvalue weighted by molar-refractivity contribution is 0.0936. The molecule has 0 aromatic heterocycles. The summed E-state index contributed by atoms with van der Waals surface area (Å²) in [5.41, 5.74) is 1.04. The number of fused-ring (bicyclic) bond motifs is 1. The predicted octanol–water partition coefficient (Wildman–Crippen LogP) is 2.59. The molecular weight excluding hydrogens is 330 g/mol. The van der Waals surface area contributed by atoms with Gasteiger partial charge in [0.15, 0.2) is 17.5 Å². The van der Waals surface area contributed by atoms with Gasteiger partial charge < -0.3 is 24.8 Å². The lowest BCUT2D eigenvalue weighted by atomic mass is 10.2. The molecule has 0 bridgehead atoms. The molecule has 26 heavy (non-hydrogen) atoms. The summed E-state index contributed by atoms with van der Waals surface area (Å²) in [5, 5.41) is 6.57. The van der Waals surface area contributed by atoms with Crippen molar-refractivity contribution >= 4 is 5.96 Å². The van der Waals surface area contributed by atoms with Gasteiger partial charge in [-0.3, -0.25) is 0 Å². The van der Waals surface area contributed by atoms with E-state index in [2.05, 4.69) is 15.6 Å². The summed E-state index contributed by atoms with van der Waals surface area (Å²) in [6.45, 7) is 4.46. The van der Waals surface area contributed by atoms with E-state index in [-0.39, 0.29) is 6.10 Å². The van der Waals surface area contributed by atoms with Gasteiger partial charge in [-0.25, -0.2) is 4.99 Å². The molecule has 138 valence electrons. The molecule has 6 nitrogen and oxygen atoms in total. The first-order valence-corrected chi connectivity index (χ1v) is 8.82. The largest absolute Gasteiger partial charge is 0.496 e. The van der Waals surface area contributed by atoms with Crippen LogP contribution in [0, 0.1) is 0 Å². The number of benzene rings is 2. The van der Waals surface area contributed by atoms with E-state index in [1.165, 1.54) is 0 Å². The lowest BCUT2D eigenvalue weighted by Gasteiger charge is -2.27. The number of guanidine groups is 1. The van der Waals surface area contributed by atoms with E-state index in [1.54, 1.807) is 7.11 Å². The van der Waals surface area contributed by atoms with Crippen molar-refractivity contribution < 1.29 is 14.2 Å². The average molecular weight is 355 g/mol. The number of para-hydroxylation sites is 3. The third kappa shape index (κ3) is 4.59. The smallest absolute Gasteiger partial charge is 0.191 e. The molecule has 1 atom stereocenters. The zero-order valence-electron chi connectivity index (χ0n) is 15.2. The van der Waals surface area contributed by atoms with Crippen LogP contribution in [0.2, 0.25) is 0 Å². The second-order valence-electron chi connectivity index (χ2n) is 5.89. The standard InChI is InChI=1S/C20H25N3O3/c1-3-21-20(22-12-15-8-4-5-9-17(15)24-2)23-13-16-14-25-18-10-6-7-11-19(18)26-16/h4-11,16H,3,12-14H2,1-2H3,(H2,21,22,23). The Bertz CT molecular complexity index is 749. The van der Waals surface area contributed by atoms with Gasteiger partial charge in [-0.1, -0.05) is 30.3 Å². The summed E-state index contributed by atoms with van der Waals surface area (Å²) >= 11 is 0. The maximum atomic E-state index is 5.97. The van der Waals surface area contributed by atoms with E-state index >= 15 is 0 Å². The van der Waals surface area contributed by atoms with Crippen LogP contribution in [-0.4, -0.2) is 38.9 Å². The van der Waals surface area contributed by atoms with Crippen molar-refractivity contribution in [2.24, 2.45) is 4.99 Å². The highest BCUT2D eigenvalue weighted by Gasteiger charge is 2.20. The first-order valence-electron chi connectivity index (χ1n) is 8.82. The SMILES string of the molecule is CCNC(=NCc1ccccc1OC)NCC1COc2ccccc2O1. The quantitative estimate of drug-likeness (QED) is 0.616. The summed E-state index contributed by atoms with van der Waals surface area (Å²) in [7, 11) is 1.67. The van der Waals surface area contributed by atoms with Crippen molar-refractivity contribution in [3.8, 4) is 17.2 Å². The van der Waals surface area contributed by atoms with Crippen molar-refractivity contribution in [2.45, 2.75) is 19.6 Å². The fourth-order valence-electron chi connectivity index (χ4n) is 2.71. The number of hydrogen-bond donors (Lipinski definition) is 2. The van der Waals surface area contributed by atoms with Crippen LogP contribution in [-0.2, 0) is 6.54 Å². The van der Waals surface area contributed by atoms with E-state index in [1.807, 2.05) is 55.5 Å². The summed E-state index contributed by atoms with van der Waals surface area (Å²) in [4.78, 5) is 4.64. The molecule has 0 spiro atoms. The zero-order chi connectivity index (χ0) is 18.2. The number of nitrogens with one attached hydrogen (secondary N) is 2. The molecule has 2 aromatic carbocycles. The van der Waals surface area contributed by atoms with Crippen molar-refractivity contribution in [2.75, 3.05) is 26.8 Å². The van der Waals surface area contributed by atoms with E-state index in [9.17, 15) is 0 Å². The Balaban J connectivity index is 1.58. The average Bonchev–Trinajstić information content (AvgIpc) is 2.70. The highest BCUT2D eigenvalue weighted by molar-refractivity contribution is 5.79. The van der Waals surface area contributed by atoms with Crippen molar-refractivity contribution in [1.29, 1.82) is 0 Å². The third-order valence-electron chi connectivity index (χ3n) is 4.01. The minimum absolute atomic E-state index is 0.0694. The second kappa shape index (κ2) is 8.99. The summed E-state index contributed by atoms with van der Waals surface area (Å²) in [5.74, 6) is 3.15. The van der Waals surface area contributed by atoms with Crippen LogP contribution in [0.1, 0.15) is 12.5 Å². The van der Waals surface area contributed by atoms with Gasteiger partial charge >= 0.3 is 0 Å². The molecule has 0 radical (unpaired) electrons. The van der Waals surface area contributed by atoms with Crippen LogP contribution < -0.4 is 24.8 Å².